The summed E-state index contributed by atoms with van der Waals surface area (Å²) in [5.74, 6) is 1.54. The molecule has 3 heterocycles. The van der Waals surface area contributed by atoms with E-state index < -0.39 is 17.7 Å². The molecule has 3 aromatic heterocycles. The first-order valence-electron chi connectivity index (χ1n) is 14.0. The molecule has 9 nitrogen and oxygen atoms in total. The predicted molar refractivity (Wildman–Crippen MR) is 157 cm³/mol. The number of aliphatic hydroxyl groups excluding tert-OH is 2. The first-order valence-corrected chi connectivity index (χ1v) is 14.8. The molecule has 0 spiro atoms. The number of thiazole rings is 1. The zero-order chi connectivity index (χ0) is 28.0. The van der Waals surface area contributed by atoms with Crippen LogP contribution in [0.1, 0.15) is 55.5 Å². The summed E-state index contributed by atoms with van der Waals surface area (Å²) < 4.78 is 1.00. The molecule has 0 bridgehead atoms. The Morgan fingerprint density at radius 2 is 1.85 bits per heavy atom. The predicted octanol–water partition coefficient (Wildman–Crippen LogP) is 4.62. The molecule has 4 atom stereocenters. The van der Waals surface area contributed by atoms with E-state index in [4.69, 9.17) is 15.0 Å². The highest BCUT2D eigenvalue weighted by molar-refractivity contribution is 7.21. The molecule has 210 valence electrons. The lowest BCUT2D eigenvalue weighted by Crippen LogP contribution is -2.48. The van der Waals surface area contributed by atoms with Crippen molar-refractivity contribution in [2.45, 2.75) is 70.2 Å². The maximum Gasteiger partial charge on any atom is 0.225 e. The Morgan fingerprint density at radius 1 is 1.07 bits per heavy atom. The number of fused-ring (bicyclic) bond motifs is 1. The van der Waals surface area contributed by atoms with Crippen LogP contribution in [-0.2, 0) is 0 Å². The molecule has 0 radical (unpaired) electrons. The number of hydrogen-bond acceptors (Lipinski definition) is 10. The maximum atomic E-state index is 11.4. The largest absolute Gasteiger partial charge is 0.396 e. The van der Waals surface area contributed by atoms with Gasteiger partial charge >= 0.3 is 0 Å². The van der Waals surface area contributed by atoms with Crippen molar-refractivity contribution < 1.29 is 15.3 Å². The monoisotopic (exact) mass is 560 g/mol. The average molecular weight is 561 g/mol. The van der Waals surface area contributed by atoms with Gasteiger partial charge in [0.2, 0.25) is 5.95 Å². The molecule has 0 saturated heterocycles. The maximum absolute atomic E-state index is 11.4. The first-order chi connectivity index (χ1) is 19.3. The normalized spacial score (nSPS) is 26.9. The van der Waals surface area contributed by atoms with Gasteiger partial charge in [-0.15, -0.1) is 11.3 Å². The zero-order valence-corrected chi connectivity index (χ0v) is 23.8. The minimum Gasteiger partial charge on any atom is -0.396 e. The SMILES string of the molecule is Cc1nc(NC(C)C2CC(c3ccccc3)C2)nc(NC2(O)CCC(CO)C2O)c1-c1nc2c(C)nccc2s1. The molecular formula is C30H36N6O3S. The second-order valence-electron chi connectivity index (χ2n) is 11.4. The van der Waals surface area contributed by atoms with Crippen LogP contribution >= 0.6 is 11.3 Å². The molecule has 10 heteroatoms. The number of anilines is 2. The van der Waals surface area contributed by atoms with Gasteiger partial charge in [0.1, 0.15) is 22.4 Å². The number of aryl methyl sites for hydroxylation is 2. The summed E-state index contributed by atoms with van der Waals surface area (Å²) >= 11 is 1.52. The number of benzene rings is 1. The van der Waals surface area contributed by atoms with Gasteiger partial charge < -0.3 is 26.0 Å². The van der Waals surface area contributed by atoms with E-state index in [1.165, 1.54) is 16.9 Å². The molecule has 0 aliphatic heterocycles. The summed E-state index contributed by atoms with van der Waals surface area (Å²) in [5.41, 5.74) is 2.81. The lowest BCUT2D eigenvalue weighted by Gasteiger charge is -2.40. The summed E-state index contributed by atoms with van der Waals surface area (Å²) in [7, 11) is 0. The molecule has 6 rings (SSSR count). The third-order valence-corrected chi connectivity index (χ3v) is 9.74. The fourth-order valence-corrected chi connectivity index (χ4v) is 7.21. The van der Waals surface area contributed by atoms with Gasteiger partial charge in [-0.2, -0.15) is 4.98 Å². The van der Waals surface area contributed by atoms with Crippen LogP contribution in [0.25, 0.3) is 20.8 Å². The van der Waals surface area contributed by atoms with Crippen LogP contribution in [0.15, 0.2) is 42.6 Å². The van der Waals surface area contributed by atoms with Crippen LogP contribution < -0.4 is 10.6 Å². The summed E-state index contributed by atoms with van der Waals surface area (Å²) in [5, 5.41) is 39.3. The van der Waals surface area contributed by atoms with Gasteiger partial charge in [-0.1, -0.05) is 30.3 Å². The molecule has 2 aliphatic carbocycles. The third-order valence-electron chi connectivity index (χ3n) is 8.70. The standard InChI is InChI=1S/C30H36N6O3S/c1-16(21-13-22(14-21)19-7-5-4-6-8-19)32-29-33-17(2)24(28-34-25-18(3)31-12-10-23(25)40-28)27(35-29)36-30(39)11-9-20(15-37)26(30)38/h4-8,10,12,16,20-22,26,37-39H,9,11,13-15H2,1-3H3,(H2,32,33,35,36). The van der Waals surface area contributed by atoms with Crippen molar-refractivity contribution in [1.82, 2.24) is 19.9 Å². The van der Waals surface area contributed by atoms with Crippen molar-refractivity contribution in [3.63, 3.8) is 0 Å². The van der Waals surface area contributed by atoms with E-state index in [1.54, 1.807) is 6.20 Å². The number of nitrogens with zero attached hydrogens (tertiary/aromatic N) is 4. The molecule has 40 heavy (non-hydrogen) atoms. The van der Waals surface area contributed by atoms with Crippen molar-refractivity contribution >= 4 is 33.3 Å². The lowest BCUT2D eigenvalue weighted by atomic mass is 9.68. The van der Waals surface area contributed by atoms with Gasteiger partial charge in [-0.3, -0.25) is 4.98 Å². The molecule has 2 aliphatic rings. The highest BCUT2D eigenvalue weighted by Crippen LogP contribution is 2.44. The van der Waals surface area contributed by atoms with Crippen molar-refractivity contribution in [1.29, 1.82) is 0 Å². The van der Waals surface area contributed by atoms with E-state index in [1.807, 2.05) is 19.9 Å². The van der Waals surface area contributed by atoms with E-state index >= 15 is 0 Å². The van der Waals surface area contributed by atoms with Crippen LogP contribution in [0.3, 0.4) is 0 Å². The molecule has 4 aromatic rings. The van der Waals surface area contributed by atoms with Crippen LogP contribution in [0, 0.1) is 25.7 Å². The van der Waals surface area contributed by atoms with Gasteiger partial charge in [0, 0.05) is 24.8 Å². The lowest BCUT2D eigenvalue weighted by molar-refractivity contribution is -0.0545. The minimum absolute atomic E-state index is 0.160. The molecule has 0 amide bonds. The fourth-order valence-electron chi connectivity index (χ4n) is 6.10. The topological polar surface area (TPSA) is 136 Å². The zero-order valence-electron chi connectivity index (χ0n) is 23.0. The number of aromatic nitrogens is 4. The molecular weight excluding hydrogens is 524 g/mol. The molecule has 4 unspecified atom stereocenters. The quantitative estimate of drug-likeness (QED) is 0.196. The fraction of sp³-hybridized carbons (Fsp3) is 0.467. The Morgan fingerprint density at radius 3 is 2.55 bits per heavy atom. The Kier molecular flexibility index (Phi) is 7.20. The molecule has 2 fully saturated rings. The summed E-state index contributed by atoms with van der Waals surface area (Å²) in [6.07, 6.45) is 3.63. The van der Waals surface area contributed by atoms with E-state index in [2.05, 4.69) is 52.9 Å². The number of rotatable bonds is 8. The smallest absolute Gasteiger partial charge is 0.225 e. The highest BCUT2D eigenvalue weighted by atomic mass is 32.1. The second kappa shape index (κ2) is 10.7. The Labute approximate surface area is 237 Å². The van der Waals surface area contributed by atoms with Gasteiger partial charge in [0.05, 0.1) is 21.7 Å². The Bertz CT molecular complexity index is 1510. The van der Waals surface area contributed by atoms with Crippen molar-refractivity contribution in [2.75, 3.05) is 17.2 Å². The van der Waals surface area contributed by atoms with E-state index in [9.17, 15) is 15.3 Å². The number of hydrogen-bond donors (Lipinski definition) is 5. The van der Waals surface area contributed by atoms with Crippen molar-refractivity contribution in [3.05, 3.63) is 59.5 Å². The third kappa shape index (κ3) is 4.94. The van der Waals surface area contributed by atoms with Crippen LogP contribution in [0.4, 0.5) is 11.8 Å². The molecule has 1 aromatic carbocycles. The number of pyridine rings is 1. The number of nitrogens with one attached hydrogen (secondary N) is 2. The van der Waals surface area contributed by atoms with Crippen molar-refractivity contribution in [2.24, 2.45) is 11.8 Å². The van der Waals surface area contributed by atoms with Gasteiger partial charge in [-0.05, 0) is 69.9 Å². The van der Waals surface area contributed by atoms with Gasteiger partial charge in [-0.25, -0.2) is 9.97 Å². The van der Waals surface area contributed by atoms with E-state index in [-0.39, 0.29) is 19.1 Å². The summed E-state index contributed by atoms with van der Waals surface area (Å²) in [6, 6.07) is 12.7. The van der Waals surface area contributed by atoms with E-state index in [0.29, 0.717) is 46.3 Å². The van der Waals surface area contributed by atoms with Crippen molar-refractivity contribution in [3.8, 4) is 10.6 Å². The minimum atomic E-state index is -1.63. The molecule has 2 saturated carbocycles. The second-order valence-corrected chi connectivity index (χ2v) is 12.4. The van der Waals surface area contributed by atoms with Crippen LogP contribution in [-0.4, -0.2) is 59.7 Å². The summed E-state index contributed by atoms with van der Waals surface area (Å²) in [6.45, 7) is 5.81. The van der Waals surface area contributed by atoms with Gasteiger partial charge in [0.25, 0.3) is 0 Å². The Balaban J connectivity index is 1.30. The highest BCUT2D eigenvalue weighted by Gasteiger charge is 2.47. The Hall–Kier alpha value is -3.18. The summed E-state index contributed by atoms with van der Waals surface area (Å²) in [4.78, 5) is 18.9. The molecule has 5 N–H and O–H groups in total. The average Bonchev–Trinajstić information content (AvgIpc) is 3.45. The first kappa shape index (κ1) is 27.0. The van der Waals surface area contributed by atoms with Crippen LogP contribution in [0.5, 0.6) is 0 Å². The van der Waals surface area contributed by atoms with Gasteiger partial charge in [0.15, 0.2) is 5.72 Å². The van der Waals surface area contributed by atoms with E-state index in [0.717, 1.165) is 28.8 Å². The number of aliphatic hydroxyl groups is 3. The van der Waals surface area contributed by atoms with Crippen LogP contribution in [0.2, 0.25) is 0 Å².